The van der Waals surface area contributed by atoms with Gasteiger partial charge in [-0.1, -0.05) is 34.5 Å². The number of anilines is 1. The SMILES string of the molecule is Oc1cc(-c2ncc3c(N4CC5CCC(C4)N5)nc(OCC45CC(F)CN4C4CCCC4C5)nc3c2F)c2c(Br)cccc2c1. The highest BCUT2D eigenvalue weighted by Crippen LogP contribution is 2.52. The zero-order valence-corrected chi connectivity index (χ0v) is 26.4. The van der Waals surface area contributed by atoms with Crippen molar-refractivity contribution < 1.29 is 18.6 Å². The first kappa shape index (κ1) is 28.1. The van der Waals surface area contributed by atoms with Gasteiger partial charge < -0.3 is 20.1 Å². The molecule has 2 aromatic heterocycles. The van der Waals surface area contributed by atoms with Gasteiger partial charge in [-0.05, 0) is 61.6 Å². The van der Waals surface area contributed by atoms with Crippen molar-refractivity contribution in [3.8, 4) is 23.0 Å². The minimum absolute atomic E-state index is 0.0217. The van der Waals surface area contributed by atoms with Gasteiger partial charge in [-0.3, -0.25) is 9.88 Å². The van der Waals surface area contributed by atoms with Crippen LogP contribution in [0.4, 0.5) is 14.6 Å². The van der Waals surface area contributed by atoms with Gasteiger partial charge >= 0.3 is 6.01 Å². The van der Waals surface area contributed by atoms with Gasteiger partial charge in [0, 0.05) is 65.8 Å². The van der Waals surface area contributed by atoms with Crippen molar-refractivity contribution in [2.24, 2.45) is 5.92 Å². The van der Waals surface area contributed by atoms with Crippen molar-refractivity contribution in [3.63, 3.8) is 0 Å². The monoisotopic (exact) mass is 676 g/mol. The topological polar surface area (TPSA) is 86.6 Å². The Morgan fingerprint density at radius 1 is 1.07 bits per heavy atom. The first-order valence-corrected chi connectivity index (χ1v) is 17.0. The Bertz CT molecular complexity index is 1830. The predicted octanol–water partition coefficient (Wildman–Crippen LogP) is 6.13. The molecule has 9 rings (SSSR count). The Balaban J connectivity index is 1.15. The van der Waals surface area contributed by atoms with Crippen LogP contribution in [0.2, 0.25) is 0 Å². The Morgan fingerprint density at radius 2 is 1.91 bits per heavy atom. The number of piperazine rings is 1. The summed E-state index contributed by atoms with van der Waals surface area (Å²) in [6, 6.07) is 10.0. The van der Waals surface area contributed by atoms with Gasteiger partial charge in [0.15, 0.2) is 5.82 Å². The highest BCUT2D eigenvalue weighted by molar-refractivity contribution is 9.10. The summed E-state index contributed by atoms with van der Waals surface area (Å²) in [5.41, 5.74) is 0.306. The largest absolute Gasteiger partial charge is 0.508 e. The molecule has 6 heterocycles. The Labute approximate surface area is 268 Å². The van der Waals surface area contributed by atoms with Gasteiger partial charge in [0.1, 0.15) is 35.6 Å². The zero-order valence-electron chi connectivity index (χ0n) is 24.9. The van der Waals surface area contributed by atoms with Crippen molar-refractivity contribution in [2.45, 2.75) is 74.8 Å². The predicted molar refractivity (Wildman–Crippen MR) is 172 cm³/mol. The summed E-state index contributed by atoms with van der Waals surface area (Å²) in [5.74, 6) is 0.615. The minimum atomic E-state index is -0.873. The fourth-order valence-corrected chi connectivity index (χ4v) is 9.88. The number of phenolic OH excluding ortho intramolecular Hbond substituents is 1. The average Bonchev–Trinajstić information content (AvgIpc) is 3.76. The summed E-state index contributed by atoms with van der Waals surface area (Å²) in [4.78, 5) is 18.8. The van der Waals surface area contributed by atoms with Crippen LogP contribution in [0, 0.1) is 11.7 Å². The Kier molecular flexibility index (Phi) is 6.52. The number of fused-ring (bicyclic) bond motifs is 7. The van der Waals surface area contributed by atoms with E-state index in [4.69, 9.17) is 9.72 Å². The van der Waals surface area contributed by atoms with Crippen LogP contribution in [0.3, 0.4) is 0 Å². The van der Waals surface area contributed by atoms with E-state index in [0.717, 1.165) is 54.0 Å². The second-order valence-electron chi connectivity index (χ2n) is 13.8. The smallest absolute Gasteiger partial charge is 0.319 e. The van der Waals surface area contributed by atoms with E-state index in [1.54, 1.807) is 12.3 Å². The van der Waals surface area contributed by atoms with Gasteiger partial charge in [0.25, 0.3) is 0 Å². The van der Waals surface area contributed by atoms with E-state index in [2.05, 4.69) is 41.0 Å². The molecule has 8 nitrogen and oxygen atoms in total. The van der Waals surface area contributed by atoms with Crippen LogP contribution in [0.5, 0.6) is 11.8 Å². The molecule has 2 N–H and O–H groups in total. The van der Waals surface area contributed by atoms with Crippen LogP contribution in [-0.4, -0.2) is 81.0 Å². The van der Waals surface area contributed by atoms with Crippen LogP contribution < -0.4 is 15.0 Å². The maximum absolute atomic E-state index is 16.8. The lowest BCUT2D eigenvalue weighted by molar-refractivity contribution is 0.0832. The molecule has 5 fully saturated rings. The fourth-order valence-electron chi connectivity index (χ4n) is 9.28. The maximum Gasteiger partial charge on any atom is 0.319 e. The Hall–Kier alpha value is -3.15. The number of rotatable bonds is 5. The molecule has 0 amide bonds. The number of nitrogens with one attached hydrogen (secondary N) is 1. The lowest BCUT2D eigenvalue weighted by atomic mass is 9.89. The number of hydrogen-bond donors (Lipinski definition) is 2. The van der Waals surface area contributed by atoms with Crippen LogP contribution in [0.1, 0.15) is 44.9 Å². The average molecular weight is 678 g/mol. The molecule has 6 atom stereocenters. The van der Waals surface area contributed by atoms with Crippen molar-refractivity contribution in [1.29, 1.82) is 0 Å². The number of alkyl halides is 1. The van der Waals surface area contributed by atoms with E-state index in [9.17, 15) is 9.50 Å². The third-order valence-electron chi connectivity index (χ3n) is 11.1. The van der Waals surface area contributed by atoms with Crippen molar-refractivity contribution in [3.05, 3.63) is 46.8 Å². The fraction of sp³-hybridized carbons (Fsp3) is 0.500. The zero-order chi connectivity index (χ0) is 30.4. The first-order chi connectivity index (χ1) is 21.8. The molecule has 234 valence electrons. The van der Waals surface area contributed by atoms with Crippen LogP contribution in [-0.2, 0) is 0 Å². The summed E-state index contributed by atoms with van der Waals surface area (Å²) in [6.45, 7) is 2.23. The summed E-state index contributed by atoms with van der Waals surface area (Å²) in [5, 5.41) is 16.2. The number of halogens is 3. The molecule has 6 unspecified atom stereocenters. The molecule has 1 aliphatic carbocycles. The molecule has 4 aliphatic heterocycles. The molecule has 2 aromatic carbocycles. The lowest BCUT2D eigenvalue weighted by Crippen LogP contribution is -2.51. The standard InChI is InChI=1S/C34H35BrF2N6O2/c35-26-5-1-3-18-9-23(44)10-24(28(18)26)30-29(37)31-25(13-38-30)32(42-15-21-7-8-22(16-42)39-21)41-33(40-31)45-17-34-11-19-4-2-6-27(19)43(34)14-20(36)12-34/h1,3,5,9-10,13,19-22,27,39,44H,2,4,6-8,11-12,14-17H2. The van der Waals surface area contributed by atoms with Crippen LogP contribution >= 0.6 is 15.9 Å². The molecule has 4 aromatic rings. The maximum atomic E-state index is 16.8. The van der Waals surface area contributed by atoms with Gasteiger partial charge in [0.2, 0.25) is 0 Å². The number of ether oxygens (including phenoxy) is 1. The van der Waals surface area contributed by atoms with E-state index < -0.39 is 12.0 Å². The van der Waals surface area contributed by atoms with Gasteiger partial charge in [0.05, 0.1) is 10.9 Å². The quantitative estimate of drug-likeness (QED) is 0.261. The second kappa shape index (κ2) is 10.4. The molecule has 5 aliphatic rings. The number of aromatic nitrogens is 3. The van der Waals surface area contributed by atoms with Crippen molar-refractivity contribution >= 4 is 43.4 Å². The number of aromatic hydroxyl groups is 1. The third-order valence-corrected chi connectivity index (χ3v) is 11.7. The second-order valence-corrected chi connectivity index (χ2v) is 14.7. The normalized spacial score (nSPS) is 30.8. The van der Waals surface area contributed by atoms with Crippen LogP contribution in [0.15, 0.2) is 41.0 Å². The highest BCUT2D eigenvalue weighted by atomic mass is 79.9. The molecular formula is C34H35BrF2N6O2. The summed E-state index contributed by atoms with van der Waals surface area (Å²) in [6.07, 6.45) is 7.82. The molecule has 1 saturated carbocycles. The summed E-state index contributed by atoms with van der Waals surface area (Å²) in [7, 11) is 0. The van der Waals surface area contributed by atoms with E-state index in [0.29, 0.717) is 53.8 Å². The number of hydrogen-bond acceptors (Lipinski definition) is 8. The number of benzene rings is 2. The van der Waals surface area contributed by atoms with Crippen molar-refractivity contribution in [2.75, 3.05) is 31.1 Å². The molecule has 0 spiro atoms. The van der Waals surface area contributed by atoms with E-state index in [1.165, 1.54) is 18.9 Å². The van der Waals surface area contributed by atoms with Crippen molar-refractivity contribution in [1.82, 2.24) is 25.2 Å². The number of pyridine rings is 1. The van der Waals surface area contributed by atoms with Gasteiger partial charge in [-0.2, -0.15) is 9.97 Å². The summed E-state index contributed by atoms with van der Waals surface area (Å²) >= 11 is 3.61. The third kappa shape index (κ3) is 4.52. The van der Waals surface area contributed by atoms with Gasteiger partial charge in [-0.15, -0.1) is 0 Å². The van der Waals surface area contributed by atoms with Crippen LogP contribution in [0.25, 0.3) is 32.9 Å². The molecule has 4 saturated heterocycles. The van der Waals surface area contributed by atoms with E-state index >= 15 is 4.39 Å². The van der Waals surface area contributed by atoms with Gasteiger partial charge in [-0.25, -0.2) is 8.78 Å². The minimum Gasteiger partial charge on any atom is -0.508 e. The Morgan fingerprint density at radius 3 is 2.76 bits per heavy atom. The van der Waals surface area contributed by atoms with E-state index in [1.807, 2.05) is 18.2 Å². The number of nitrogens with zero attached hydrogens (tertiary/aromatic N) is 5. The van der Waals surface area contributed by atoms with E-state index in [-0.39, 0.29) is 35.1 Å². The number of phenols is 1. The first-order valence-electron chi connectivity index (χ1n) is 16.2. The highest BCUT2D eigenvalue weighted by Gasteiger charge is 2.58. The molecule has 0 radical (unpaired) electrons. The molecule has 2 bridgehead atoms. The molecule has 11 heteroatoms. The lowest BCUT2D eigenvalue weighted by Gasteiger charge is -2.35. The molecular weight excluding hydrogens is 642 g/mol. The summed E-state index contributed by atoms with van der Waals surface area (Å²) < 4.78 is 38.9. The molecule has 45 heavy (non-hydrogen) atoms.